The fourth-order valence-corrected chi connectivity index (χ4v) is 1.72. The van der Waals surface area contributed by atoms with Crippen molar-refractivity contribution >= 4 is 0 Å². The van der Waals surface area contributed by atoms with Gasteiger partial charge >= 0.3 is 0 Å². The zero-order chi connectivity index (χ0) is 9.42. The molecule has 1 atom stereocenters. The Kier molecular flexibility index (Phi) is 1.88. The number of hydrogen-bond donors (Lipinski definition) is 2. The summed E-state index contributed by atoms with van der Waals surface area (Å²) >= 11 is 0. The van der Waals surface area contributed by atoms with Gasteiger partial charge in [0.15, 0.2) is 0 Å². The molecule has 3 nitrogen and oxygen atoms in total. The Morgan fingerprint density at radius 2 is 2.31 bits per heavy atom. The quantitative estimate of drug-likeness (QED) is 0.634. The summed E-state index contributed by atoms with van der Waals surface area (Å²) in [4.78, 5) is 0. The average molecular weight is 179 g/mol. The summed E-state index contributed by atoms with van der Waals surface area (Å²) < 4.78 is 5.44. The summed E-state index contributed by atoms with van der Waals surface area (Å²) in [6, 6.07) is 3.42. The molecule has 0 aromatic heterocycles. The highest BCUT2D eigenvalue weighted by Crippen LogP contribution is 2.36. The highest BCUT2D eigenvalue weighted by molar-refractivity contribution is 5.49. The van der Waals surface area contributed by atoms with E-state index in [2.05, 4.69) is 0 Å². The molecule has 2 rings (SSSR count). The predicted molar refractivity (Wildman–Crippen MR) is 49.9 cm³/mol. The van der Waals surface area contributed by atoms with Crippen LogP contribution in [0.3, 0.4) is 0 Å². The average Bonchev–Trinajstić information content (AvgIpc) is 2.12. The van der Waals surface area contributed by atoms with E-state index in [9.17, 15) is 5.11 Å². The maximum absolute atomic E-state index is 9.48. The molecule has 0 aliphatic carbocycles. The van der Waals surface area contributed by atoms with Crippen LogP contribution in [0.5, 0.6) is 11.5 Å². The summed E-state index contributed by atoms with van der Waals surface area (Å²) in [5.74, 6) is 1.11. The Hall–Kier alpha value is -1.22. The standard InChI is InChI=1S/C10H13NO2/c1-6-8(12)2-3-9-10(6)7(11)4-5-13-9/h2-3,7,12H,4-5,11H2,1H3/t7-/m1/s1. The van der Waals surface area contributed by atoms with Crippen molar-refractivity contribution in [2.24, 2.45) is 5.73 Å². The van der Waals surface area contributed by atoms with Gasteiger partial charge in [0.1, 0.15) is 11.5 Å². The van der Waals surface area contributed by atoms with Crippen LogP contribution in [0.4, 0.5) is 0 Å². The lowest BCUT2D eigenvalue weighted by molar-refractivity contribution is 0.267. The second-order valence-corrected chi connectivity index (χ2v) is 3.37. The molecule has 13 heavy (non-hydrogen) atoms. The molecular formula is C10H13NO2. The smallest absolute Gasteiger partial charge is 0.124 e. The lowest BCUT2D eigenvalue weighted by atomic mass is 9.96. The first kappa shape index (κ1) is 8.38. The van der Waals surface area contributed by atoms with E-state index in [4.69, 9.17) is 10.5 Å². The number of hydrogen-bond acceptors (Lipinski definition) is 3. The SMILES string of the molecule is Cc1c(O)ccc2c1[C@H](N)CCO2. The van der Waals surface area contributed by atoms with E-state index in [-0.39, 0.29) is 6.04 Å². The molecule has 0 spiro atoms. The van der Waals surface area contributed by atoms with Gasteiger partial charge in [0.25, 0.3) is 0 Å². The second kappa shape index (κ2) is 2.92. The third kappa shape index (κ3) is 1.25. The largest absolute Gasteiger partial charge is 0.508 e. The zero-order valence-corrected chi connectivity index (χ0v) is 7.58. The molecule has 1 aromatic rings. The molecule has 3 heteroatoms. The number of phenolic OH excluding ortho intramolecular Hbond substituents is 1. The van der Waals surface area contributed by atoms with Gasteiger partial charge < -0.3 is 15.6 Å². The van der Waals surface area contributed by atoms with E-state index in [1.165, 1.54) is 0 Å². The van der Waals surface area contributed by atoms with Gasteiger partial charge in [-0.3, -0.25) is 0 Å². The van der Waals surface area contributed by atoms with E-state index >= 15 is 0 Å². The Morgan fingerprint density at radius 3 is 3.08 bits per heavy atom. The number of phenols is 1. The highest BCUT2D eigenvalue weighted by atomic mass is 16.5. The van der Waals surface area contributed by atoms with Crippen molar-refractivity contribution < 1.29 is 9.84 Å². The third-order valence-electron chi connectivity index (χ3n) is 2.50. The Morgan fingerprint density at radius 1 is 1.54 bits per heavy atom. The van der Waals surface area contributed by atoms with Gasteiger partial charge in [-0.1, -0.05) is 0 Å². The van der Waals surface area contributed by atoms with Crippen molar-refractivity contribution in [1.82, 2.24) is 0 Å². The monoisotopic (exact) mass is 179 g/mol. The molecule has 0 saturated heterocycles. The first-order valence-electron chi connectivity index (χ1n) is 4.41. The Balaban J connectivity index is 2.58. The maximum atomic E-state index is 9.48. The van der Waals surface area contributed by atoms with Gasteiger partial charge in [-0.05, 0) is 24.6 Å². The molecule has 1 aliphatic rings. The Bertz CT molecular complexity index is 336. The van der Waals surface area contributed by atoms with Gasteiger partial charge in [0.05, 0.1) is 6.61 Å². The van der Waals surface area contributed by atoms with Crippen molar-refractivity contribution in [1.29, 1.82) is 0 Å². The maximum Gasteiger partial charge on any atom is 0.124 e. The third-order valence-corrected chi connectivity index (χ3v) is 2.50. The van der Waals surface area contributed by atoms with Gasteiger partial charge in [0.2, 0.25) is 0 Å². The summed E-state index contributed by atoms with van der Waals surface area (Å²) in [6.45, 7) is 2.53. The van der Waals surface area contributed by atoms with Crippen molar-refractivity contribution in [3.05, 3.63) is 23.3 Å². The molecule has 0 radical (unpaired) electrons. The molecule has 70 valence electrons. The first-order valence-corrected chi connectivity index (χ1v) is 4.41. The second-order valence-electron chi connectivity index (χ2n) is 3.37. The fraction of sp³-hybridized carbons (Fsp3) is 0.400. The van der Waals surface area contributed by atoms with Crippen molar-refractivity contribution in [2.45, 2.75) is 19.4 Å². The predicted octanol–water partition coefficient (Wildman–Crippen LogP) is 1.48. The summed E-state index contributed by atoms with van der Waals surface area (Å²) in [7, 11) is 0. The number of benzene rings is 1. The van der Waals surface area contributed by atoms with Crippen molar-refractivity contribution in [3.8, 4) is 11.5 Å². The van der Waals surface area contributed by atoms with Crippen LogP contribution in [0, 0.1) is 6.92 Å². The minimum atomic E-state index is -0.00384. The highest BCUT2D eigenvalue weighted by Gasteiger charge is 2.21. The molecule has 0 bridgehead atoms. The summed E-state index contributed by atoms with van der Waals surface area (Å²) in [6.07, 6.45) is 0.817. The van der Waals surface area contributed by atoms with Crippen LogP contribution in [0.15, 0.2) is 12.1 Å². The molecule has 1 heterocycles. The lowest BCUT2D eigenvalue weighted by Gasteiger charge is -2.24. The molecule has 0 fully saturated rings. The topological polar surface area (TPSA) is 55.5 Å². The van der Waals surface area contributed by atoms with Crippen molar-refractivity contribution in [2.75, 3.05) is 6.61 Å². The molecule has 1 aliphatic heterocycles. The molecule has 0 saturated carbocycles. The van der Waals surface area contributed by atoms with E-state index in [1.54, 1.807) is 12.1 Å². The van der Waals surface area contributed by atoms with Crippen LogP contribution in [-0.2, 0) is 0 Å². The summed E-state index contributed by atoms with van der Waals surface area (Å²) in [5.41, 5.74) is 7.71. The first-order chi connectivity index (χ1) is 6.20. The van der Waals surface area contributed by atoms with Gasteiger partial charge in [-0.15, -0.1) is 0 Å². The van der Waals surface area contributed by atoms with Crippen molar-refractivity contribution in [3.63, 3.8) is 0 Å². The number of ether oxygens (including phenoxy) is 1. The number of rotatable bonds is 0. The van der Waals surface area contributed by atoms with Gasteiger partial charge in [0, 0.05) is 18.0 Å². The summed E-state index contributed by atoms with van der Waals surface area (Å²) in [5, 5.41) is 9.48. The molecule has 0 unspecified atom stereocenters. The molecule has 3 N–H and O–H groups in total. The van der Waals surface area contributed by atoms with Gasteiger partial charge in [-0.25, -0.2) is 0 Å². The van der Waals surface area contributed by atoms with E-state index in [1.807, 2.05) is 6.92 Å². The van der Waals surface area contributed by atoms with Crippen LogP contribution in [-0.4, -0.2) is 11.7 Å². The number of nitrogens with two attached hydrogens (primary N) is 1. The Labute approximate surface area is 77.1 Å². The van der Waals surface area contributed by atoms with Crippen LogP contribution in [0.25, 0.3) is 0 Å². The molecular weight excluding hydrogens is 166 g/mol. The number of aromatic hydroxyl groups is 1. The van der Waals surface area contributed by atoms with E-state index in [0.717, 1.165) is 23.3 Å². The van der Waals surface area contributed by atoms with E-state index in [0.29, 0.717) is 12.4 Å². The van der Waals surface area contributed by atoms with Crippen LogP contribution in [0.2, 0.25) is 0 Å². The van der Waals surface area contributed by atoms with Crippen LogP contribution < -0.4 is 10.5 Å². The minimum absolute atomic E-state index is 0.00384. The van der Waals surface area contributed by atoms with Gasteiger partial charge in [-0.2, -0.15) is 0 Å². The van der Waals surface area contributed by atoms with Crippen LogP contribution in [0.1, 0.15) is 23.6 Å². The fourth-order valence-electron chi connectivity index (χ4n) is 1.72. The molecule has 0 amide bonds. The van der Waals surface area contributed by atoms with Crippen LogP contribution >= 0.6 is 0 Å². The zero-order valence-electron chi connectivity index (χ0n) is 7.58. The van der Waals surface area contributed by atoms with E-state index < -0.39 is 0 Å². The normalized spacial score (nSPS) is 20.6. The number of fused-ring (bicyclic) bond motifs is 1. The molecule has 1 aromatic carbocycles. The minimum Gasteiger partial charge on any atom is -0.508 e. The lowest BCUT2D eigenvalue weighted by Crippen LogP contribution is -2.21.